The Kier molecular flexibility index (Phi) is 6.51. The van der Waals surface area contributed by atoms with Crippen molar-refractivity contribution in [2.45, 2.75) is 32.6 Å². The zero-order valence-electron chi connectivity index (χ0n) is 14.2. The molecule has 1 atom stereocenters. The predicted molar refractivity (Wildman–Crippen MR) is 102 cm³/mol. The lowest BCUT2D eigenvalue weighted by molar-refractivity contribution is -0.138. The number of aliphatic imine (C=N–C) groups is 1. The number of rotatable bonds is 5. The minimum atomic E-state index is -0.575. The van der Waals surface area contributed by atoms with E-state index in [-0.39, 0.29) is 12.4 Å². The number of halogens is 2. The Labute approximate surface area is 157 Å². The van der Waals surface area contributed by atoms with E-state index >= 15 is 0 Å². The molecule has 0 fully saturated rings. The van der Waals surface area contributed by atoms with Crippen LogP contribution in [0.15, 0.2) is 46.2 Å². The highest BCUT2D eigenvalue weighted by Crippen LogP contribution is 2.42. The van der Waals surface area contributed by atoms with Gasteiger partial charge in [0, 0.05) is 27.7 Å². The Morgan fingerprint density at radius 1 is 1.36 bits per heavy atom. The molecular weight excluding hydrogens is 361 g/mol. The van der Waals surface area contributed by atoms with Gasteiger partial charge in [-0.2, -0.15) is 0 Å². The van der Waals surface area contributed by atoms with Crippen molar-refractivity contribution in [2.75, 3.05) is 6.61 Å². The third kappa shape index (κ3) is 3.99. The van der Waals surface area contributed by atoms with Gasteiger partial charge < -0.3 is 16.2 Å². The van der Waals surface area contributed by atoms with Gasteiger partial charge in [0.15, 0.2) is 0 Å². The van der Waals surface area contributed by atoms with Crippen LogP contribution in [0, 0.1) is 0 Å². The molecule has 0 bridgehead atoms. The molecule has 1 aliphatic rings. The summed E-state index contributed by atoms with van der Waals surface area (Å²) in [5.74, 6) is -0.767. The van der Waals surface area contributed by atoms with Crippen LogP contribution in [0.5, 0.6) is 0 Å². The first-order valence-corrected chi connectivity index (χ1v) is 8.81. The minimum absolute atomic E-state index is 0.249. The van der Waals surface area contributed by atoms with Crippen molar-refractivity contribution in [1.29, 1.82) is 0 Å². The topological polar surface area (TPSA) is 90.7 Å². The number of carbonyl (C=O) groups is 1. The highest BCUT2D eigenvalue weighted by Gasteiger charge is 2.36. The molecule has 0 saturated carbocycles. The summed E-state index contributed by atoms with van der Waals surface area (Å²) in [4.78, 5) is 17.1. The van der Waals surface area contributed by atoms with Crippen molar-refractivity contribution in [3.63, 3.8) is 0 Å². The summed E-state index contributed by atoms with van der Waals surface area (Å²) < 4.78 is 5.26. The van der Waals surface area contributed by atoms with E-state index in [1.807, 2.05) is 6.92 Å². The number of nitrogens with two attached hydrogens (primary N) is 2. The van der Waals surface area contributed by atoms with Gasteiger partial charge in [-0.05, 0) is 37.1 Å². The Morgan fingerprint density at radius 3 is 2.68 bits per heavy atom. The molecule has 25 heavy (non-hydrogen) atoms. The van der Waals surface area contributed by atoms with Gasteiger partial charge in [0.1, 0.15) is 5.84 Å². The van der Waals surface area contributed by atoms with E-state index < -0.39 is 11.9 Å². The molecular formula is C18H21Cl2N3O2. The lowest BCUT2D eigenvalue weighted by Gasteiger charge is -2.28. The van der Waals surface area contributed by atoms with Gasteiger partial charge in [0.2, 0.25) is 0 Å². The molecule has 1 aromatic carbocycles. The van der Waals surface area contributed by atoms with Crippen LogP contribution in [-0.4, -0.2) is 18.4 Å². The van der Waals surface area contributed by atoms with Gasteiger partial charge in [-0.3, -0.25) is 0 Å². The highest BCUT2D eigenvalue weighted by molar-refractivity contribution is 6.33. The molecule has 5 nitrogen and oxygen atoms in total. The highest BCUT2D eigenvalue weighted by atomic mass is 35.5. The zero-order valence-corrected chi connectivity index (χ0v) is 15.7. The molecule has 1 aliphatic heterocycles. The van der Waals surface area contributed by atoms with Gasteiger partial charge >= 0.3 is 5.97 Å². The molecule has 134 valence electrons. The molecule has 0 radical (unpaired) electrons. The fourth-order valence-corrected chi connectivity index (χ4v) is 3.26. The summed E-state index contributed by atoms with van der Waals surface area (Å²) in [7, 11) is 0. The zero-order chi connectivity index (χ0) is 18.6. The summed E-state index contributed by atoms with van der Waals surface area (Å²) in [6.45, 7) is 4.00. The average Bonchev–Trinajstić information content (AvgIpc) is 2.57. The van der Waals surface area contributed by atoms with Crippen molar-refractivity contribution in [2.24, 2.45) is 16.5 Å². The molecule has 1 unspecified atom stereocenters. The van der Waals surface area contributed by atoms with E-state index in [0.29, 0.717) is 38.9 Å². The van der Waals surface area contributed by atoms with E-state index in [4.69, 9.17) is 39.4 Å². The van der Waals surface area contributed by atoms with Crippen molar-refractivity contribution < 1.29 is 9.53 Å². The average molecular weight is 382 g/mol. The second-order valence-corrected chi connectivity index (χ2v) is 6.39. The first-order valence-electron chi connectivity index (χ1n) is 8.05. The maximum atomic E-state index is 12.7. The minimum Gasteiger partial charge on any atom is -0.463 e. The number of amidine groups is 1. The molecule has 4 N–H and O–H groups in total. The van der Waals surface area contributed by atoms with Crippen LogP contribution in [0.1, 0.15) is 38.2 Å². The standard InChI is InChI=1S/C18H21Cl2N3O2/c1-3-5-14-16(18(24)25-4-2)15(12(9-21)17(22)23-14)11-8-10(19)6-7-13(11)20/h6-9,15H,3-5,21H2,1-2H3,(H2,22,23)/b12-9-. The molecule has 0 spiro atoms. The maximum absolute atomic E-state index is 12.7. The summed E-state index contributed by atoms with van der Waals surface area (Å²) in [5, 5.41) is 0.957. The summed E-state index contributed by atoms with van der Waals surface area (Å²) in [6.07, 6.45) is 2.73. The number of benzene rings is 1. The van der Waals surface area contributed by atoms with E-state index in [9.17, 15) is 4.79 Å². The number of hydrogen-bond donors (Lipinski definition) is 2. The first kappa shape index (κ1) is 19.3. The Bertz CT molecular complexity index is 770. The third-order valence-corrected chi connectivity index (χ3v) is 4.47. The Hall–Kier alpha value is -1.98. The summed E-state index contributed by atoms with van der Waals surface area (Å²) in [5.41, 5.74) is 14.0. The maximum Gasteiger partial charge on any atom is 0.336 e. The Balaban J connectivity index is 2.75. The lowest BCUT2D eigenvalue weighted by Crippen LogP contribution is -2.30. The number of nitrogens with zero attached hydrogens (tertiary/aromatic N) is 1. The van der Waals surface area contributed by atoms with Crippen LogP contribution in [0.3, 0.4) is 0 Å². The molecule has 7 heteroatoms. The number of ether oxygens (including phenoxy) is 1. The number of esters is 1. The van der Waals surface area contributed by atoms with Crippen molar-refractivity contribution in [3.05, 3.63) is 56.9 Å². The van der Waals surface area contributed by atoms with Crippen molar-refractivity contribution >= 4 is 35.0 Å². The fourth-order valence-electron chi connectivity index (χ4n) is 2.85. The van der Waals surface area contributed by atoms with Gasteiger partial charge in [-0.1, -0.05) is 36.5 Å². The van der Waals surface area contributed by atoms with E-state index in [0.717, 1.165) is 6.42 Å². The first-order chi connectivity index (χ1) is 11.9. The number of hydrogen-bond acceptors (Lipinski definition) is 5. The van der Waals surface area contributed by atoms with Gasteiger partial charge in [0.25, 0.3) is 0 Å². The van der Waals surface area contributed by atoms with E-state index in [2.05, 4.69) is 4.99 Å². The molecule has 0 saturated heterocycles. The second kappa shape index (κ2) is 8.41. The van der Waals surface area contributed by atoms with E-state index in [1.165, 1.54) is 6.20 Å². The van der Waals surface area contributed by atoms with Gasteiger partial charge in [0.05, 0.1) is 17.9 Å². The molecule has 0 aliphatic carbocycles. The molecule has 0 aromatic heterocycles. The lowest BCUT2D eigenvalue weighted by atomic mass is 9.80. The van der Waals surface area contributed by atoms with Crippen molar-refractivity contribution in [3.8, 4) is 0 Å². The second-order valence-electron chi connectivity index (χ2n) is 5.55. The summed E-state index contributed by atoms with van der Waals surface area (Å²) in [6, 6.07) is 5.07. The molecule has 0 amide bonds. The number of carbonyl (C=O) groups excluding carboxylic acids is 1. The largest absolute Gasteiger partial charge is 0.463 e. The predicted octanol–water partition coefficient (Wildman–Crippen LogP) is 3.91. The quantitative estimate of drug-likeness (QED) is 0.756. The normalized spacial score (nSPS) is 19.1. The fraction of sp³-hybridized carbons (Fsp3) is 0.333. The van der Waals surface area contributed by atoms with E-state index in [1.54, 1.807) is 25.1 Å². The van der Waals surface area contributed by atoms with Crippen LogP contribution < -0.4 is 11.5 Å². The monoisotopic (exact) mass is 381 g/mol. The van der Waals surface area contributed by atoms with Crippen LogP contribution in [0.2, 0.25) is 10.0 Å². The molecule has 2 rings (SSSR count). The molecule has 1 heterocycles. The third-order valence-electron chi connectivity index (χ3n) is 3.89. The van der Waals surface area contributed by atoms with Crippen LogP contribution >= 0.6 is 23.2 Å². The van der Waals surface area contributed by atoms with Crippen LogP contribution in [0.25, 0.3) is 0 Å². The van der Waals surface area contributed by atoms with Gasteiger partial charge in [-0.15, -0.1) is 0 Å². The molecule has 1 aromatic rings. The van der Waals surface area contributed by atoms with Crippen LogP contribution in [-0.2, 0) is 9.53 Å². The SMILES string of the molecule is CCCC1=C(C(=O)OCC)C(c2cc(Cl)ccc2Cl)/C(=C/N)C(N)=N1. The summed E-state index contributed by atoms with van der Waals surface area (Å²) >= 11 is 12.5. The van der Waals surface area contributed by atoms with Crippen molar-refractivity contribution in [1.82, 2.24) is 0 Å². The van der Waals surface area contributed by atoms with Gasteiger partial charge in [-0.25, -0.2) is 9.79 Å². The number of allylic oxidation sites excluding steroid dienone is 1. The van der Waals surface area contributed by atoms with Crippen LogP contribution in [0.4, 0.5) is 0 Å². The Morgan fingerprint density at radius 2 is 2.08 bits per heavy atom. The smallest absolute Gasteiger partial charge is 0.336 e.